The van der Waals surface area contributed by atoms with Crippen LogP contribution in [0.1, 0.15) is 31.3 Å². The van der Waals surface area contributed by atoms with Crippen LogP contribution in [0.4, 0.5) is 4.39 Å². The van der Waals surface area contributed by atoms with Gasteiger partial charge in [0.05, 0.1) is 6.61 Å². The SMILES string of the molecule is CCOC(C)OCc1cc(F)ccc1C(O)O. The molecule has 0 fully saturated rings. The van der Waals surface area contributed by atoms with Gasteiger partial charge in [-0.15, -0.1) is 0 Å². The van der Waals surface area contributed by atoms with E-state index in [9.17, 15) is 4.39 Å². The summed E-state index contributed by atoms with van der Waals surface area (Å²) < 4.78 is 23.5. The molecule has 96 valence electrons. The van der Waals surface area contributed by atoms with Crippen molar-refractivity contribution in [3.05, 3.63) is 35.1 Å². The molecule has 0 radical (unpaired) electrons. The summed E-state index contributed by atoms with van der Waals surface area (Å²) in [4.78, 5) is 0. The highest BCUT2D eigenvalue weighted by Crippen LogP contribution is 2.19. The van der Waals surface area contributed by atoms with E-state index in [1.165, 1.54) is 18.2 Å². The van der Waals surface area contributed by atoms with E-state index >= 15 is 0 Å². The van der Waals surface area contributed by atoms with Crippen LogP contribution >= 0.6 is 0 Å². The van der Waals surface area contributed by atoms with Crippen molar-refractivity contribution in [2.24, 2.45) is 0 Å². The molecule has 0 bridgehead atoms. The second-order valence-corrected chi connectivity index (χ2v) is 3.55. The number of aliphatic hydroxyl groups is 2. The Bertz CT molecular complexity index is 354. The van der Waals surface area contributed by atoms with Crippen LogP contribution in [0.5, 0.6) is 0 Å². The molecule has 0 aromatic heterocycles. The van der Waals surface area contributed by atoms with Gasteiger partial charge in [-0.1, -0.05) is 6.07 Å². The minimum absolute atomic E-state index is 0.0614. The molecule has 1 unspecified atom stereocenters. The molecule has 1 atom stereocenters. The Morgan fingerprint density at radius 2 is 2.00 bits per heavy atom. The molecule has 0 saturated heterocycles. The highest BCUT2D eigenvalue weighted by Gasteiger charge is 2.12. The lowest BCUT2D eigenvalue weighted by Gasteiger charge is -2.15. The normalized spacial score (nSPS) is 13.1. The summed E-state index contributed by atoms with van der Waals surface area (Å²) in [6.07, 6.45) is -2.07. The van der Waals surface area contributed by atoms with Gasteiger partial charge in [0.1, 0.15) is 5.82 Å². The van der Waals surface area contributed by atoms with Gasteiger partial charge in [-0.25, -0.2) is 4.39 Å². The molecule has 5 heteroatoms. The van der Waals surface area contributed by atoms with Gasteiger partial charge in [0.25, 0.3) is 0 Å². The first kappa shape index (κ1) is 14.1. The predicted octanol–water partition coefficient (Wildman–Crippen LogP) is 1.71. The zero-order chi connectivity index (χ0) is 12.8. The second-order valence-electron chi connectivity index (χ2n) is 3.55. The fraction of sp³-hybridized carbons (Fsp3) is 0.500. The van der Waals surface area contributed by atoms with Crippen LogP contribution in [0.25, 0.3) is 0 Å². The van der Waals surface area contributed by atoms with E-state index in [1.807, 2.05) is 6.92 Å². The molecular weight excluding hydrogens is 227 g/mol. The fourth-order valence-corrected chi connectivity index (χ4v) is 1.44. The molecule has 1 aromatic rings. The lowest BCUT2D eigenvalue weighted by molar-refractivity contribution is -0.135. The van der Waals surface area contributed by atoms with E-state index in [0.717, 1.165) is 0 Å². The highest BCUT2D eigenvalue weighted by molar-refractivity contribution is 5.28. The van der Waals surface area contributed by atoms with E-state index < -0.39 is 18.4 Å². The minimum Gasteiger partial charge on any atom is -0.364 e. The van der Waals surface area contributed by atoms with Crippen molar-refractivity contribution in [2.75, 3.05) is 6.61 Å². The van der Waals surface area contributed by atoms with E-state index in [1.54, 1.807) is 6.92 Å². The third-order valence-corrected chi connectivity index (χ3v) is 2.26. The topological polar surface area (TPSA) is 58.9 Å². The van der Waals surface area contributed by atoms with Crippen LogP contribution in [-0.4, -0.2) is 23.1 Å². The zero-order valence-electron chi connectivity index (χ0n) is 9.89. The molecule has 1 aromatic carbocycles. The minimum atomic E-state index is -1.64. The first-order valence-electron chi connectivity index (χ1n) is 5.42. The molecule has 0 amide bonds. The van der Waals surface area contributed by atoms with Crippen molar-refractivity contribution in [3.63, 3.8) is 0 Å². The number of halogens is 1. The molecular formula is C12H17FO4. The number of hydrogen-bond donors (Lipinski definition) is 2. The maximum absolute atomic E-state index is 13.0. The Morgan fingerprint density at radius 1 is 1.29 bits per heavy atom. The van der Waals surface area contributed by atoms with Gasteiger partial charge >= 0.3 is 0 Å². The van der Waals surface area contributed by atoms with E-state index in [0.29, 0.717) is 12.2 Å². The quantitative estimate of drug-likeness (QED) is 0.748. The third-order valence-electron chi connectivity index (χ3n) is 2.26. The molecule has 0 spiro atoms. The molecule has 0 aliphatic carbocycles. The van der Waals surface area contributed by atoms with Gasteiger partial charge in [0.2, 0.25) is 0 Å². The lowest BCUT2D eigenvalue weighted by atomic mass is 10.1. The van der Waals surface area contributed by atoms with Gasteiger partial charge in [-0.3, -0.25) is 0 Å². The maximum Gasteiger partial charge on any atom is 0.178 e. The summed E-state index contributed by atoms with van der Waals surface area (Å²) in [6.45, 7) is 4.13. The van der Waals surface area contributed by atoms with Gasteiger partial charge in [0, 0.05) is 12.2 Å². The first-order valence-corrected chi connectivity index (χ1v) is 5.42. The van der Waals surface area contributed by atoms with Gasteiger partial charge < -0.3 is 19.7 Å². The average molecular weight is 244 g/mol. The molecule has 0 aliphatic rings. The smallest absolute Gasteiger partial charge is 0.178 e. The van der Waals surface area contributed by atoms with Crippen LogP contribution in [0, 0.1) is 5.82 Å². The van der Waals surface area contributed by atoms with E-state index in [4.69, 9.17) is 19.7 Å². The molecule has 2 N–H and O–H groups in total. The van der Waals surface area contributed by atoms with Crippen LogP contribution in [0.2, 0.25) is 0 Å². The molecule has 17 heavy (non-hydrogen) atoms. The van der Waals surface area contributed by atoms with Crippen molar-refractivity contribution in [3.8, 4) is 0 Å². The van der Waals surface area contributed by atoms with Crippen molar-refractivity contribution < 1.29 is 24.1 Å². The van der Waals surface area contributed by atoms with Crippen molar-refractivity contribution in [1.82, 2.24) is 0 Å². The van der Waals surface area contributed by atoms with Crippen molar-refractivity contribution in [1.29, 1.82) is 0 Å². The Hall–Kier alpha value is -1.01. The Morgan fingerprint density at radius 3 is 2.59 bits per heavy atom. The number of aliphatic hydroxyl groups excluding tert-OH is 1. The molecule has 4 nitrogen and oxygen atoms in total. The molecule has 0 saturated carbocycles. The Kier molecular flexibility index (Phi) is 5.50. The van der Waals surface area contributed by atoms with Crippen LogP contribution in [0.15, 0.2) is 18.2 Å². The summed E-state index contributed by atoms with van der Waals surface area (Å²) in [5.41, 5.74) is 0.627. The Balaban J connectivity index is 2.71. The van der Waals surface area contributed by atoms with Gasteiger partial charge in [0.15, 0.2) is 12.6 Å². The summed E-state index contributed by atoms with van der Waals surface area (Å²) in [5, 5.41) is 18.2. The lowest BCUT2D eigenvalue weighted by Crippen LogP contribution is -2.14. The largest absolute Gasteiger partial charge is 0.364 e. The summed E-state index contributed by atoms with van der Waals surface area (Å²) in [7, 11) is 0. The summed E-state index contributed by atoms with van der Waals surface area (Å²) in [6, 6.07) is 3.71. The monoisotopic (exact) mass is 244 g/mol. The van der Waals surface area contributed by atoms with Gasteiger partial charge in [-0.05, 0) is 31.5 Å². The molecule has 1 rings (SSSR count). The first-order chi connectivity index (χ1) is 8.04. The summed E-state index contributed by atoms with van der Waals surface area (Å²) >= 11 is 0. The maximum atomic E-state index is 13.0. The highest BCUT2D eigenvalue weighted by atomic mass is 19.1. The van der Waals surface area contributed by atoms with Crippen molar-refractivity contribution >= 4 is 0 Å². The number of hydrogen-bond acceptors (Lipinski definition) is 4. The van der Waals surface area contributed by atoms with E-state index in [2.05, 4.69) is 0 Å². The summed E-state index contributed by atoms with van der Waals surface area (Å²) in [5.74, 6) is -0.447. The molecule has 0 aliphatic heterocycles. The number of ether oxygens (including phenoxy) is 2. The van der Waals surface area contributed by atoms with Crippen LogP contribution in [-0.2, 0) is 16.1 Å². The molecule has 0 heterocycles. The van der Waals surface area contributed by atoms with Gasteiger partial charge in [-0.2, -0.15) is 0 Å². The number of benzene rings is 1. The zero-order valence-corrected chi connectivity index (χ0v) is 9.89. The Labute approximate surface area is 99.6 Å². The fourth-order valence-electron chi connectivity index (χ4n) is 1.44. The number of rotatable bonds is 6. The second kappa shape index (κ2) is 6.66. The van der Waals surface area contributed by atoms with Crippen molar-refractivity contribution in [2.45, 2.75) is 33.0 Å². The van der Waals surface area contributed by atoms with Crippen LogP contribution < -0.4 is 0 Å². The predicted molar refractivity (Wildman–Crippen MR) is 59.5 cm³/mol. The average Bonchev–Trinajstić information content (AvgIpc) is 2.26. The van der Waals surface area contributed by atoms with Crippen LogP contribution in [0.3, 0.4) is 0 Å². The third kappa shape index (κ3) is 4.40. The van der Waals surface area contributed by atoms with E-state index in [-0.39, 0.29) is 12.2 Å². The standard InChI is InChI=1S/C12H17FO4/c1-3-16-8(2)17-7-9-6-10(13)4-5-11(9)12(14)15/h4-6,8,12,14-15H,3,7H2,1-2H3.